The van der Waals surface area contributed by atoms with E-state index in [4.69, 9.17) is 16.0 Å². The summed E-state index contributed by atoms with van der Waals surface area (Å²) in [5.41, 5.74) is 0.887. The summed E-state index contributed by atoms with van der Waals surface area (Å²) in [6.45, 7) is 0.00932. The van der Waals surface area contributed by atoms with E-state index in [-0.39, 0.29) is 28.0 Å². The molecule has 1 aliphatic rings. The molecule has 138 valence electrons. The van der Waals surface area contributed by atoms with Gasteiger partial charge in [-0.25, -0.2) is 12.7 Å². The zero-order valence-electron chi connectivity index (χ0n) is 13.7. The summed E-state index contributed by atoms with van der Waals surface area (Å²) < 4.78 is 31.4. The van der Waals surface area contributed by atoms with Gasteiger partial charge < -0.3 is 4.42 Å². The quantitative estimate of drug-likeness (QED) is 0.583. The van der Waals surface area contributed by atoms with E-state index in [0.29, 0.717) is 16.5 Å². The standard InChI is InChI=1S/C17H12ClN3O4S2/c18-12-5-3-4-11(10-12)15-19-20-17(25-15)26-9-8-21-16(22)13-6-1-2-7-14(13)27(21,23)24/h1-7,10H,8-9H2. The molecule has 1 aromatic heterocycles. The molecule has 0 saturated heterocycles. The van der Waals surface area contributed by atoms with Gasteiger partial charge in [0.05, 0.1) is 5.56 Å². The SMILES string of the molecule is O=C1c2ccccc2S(=O)(=O)N1CCSc1nnc(-c2cccc(Cl)c2)o1. The smallest absolute Gasteiger partial charge is 0.276 e. The highest BCUT2D eigenvalue weighted by Gasteiger charge is 2.40. The third-order valence-corrected chi connectivity index (χ3v) is 6.78. The van der Waals surface area contributed by atoms with Gasteiger partial charge in [0.1, 0.15) is 4.90 Å². The van der Waals surface area contributed by atoms with Crippen molar-refractivity contribution in [3.05, 3.63) is 59.1 Å². The first-order chi connectivity index (χ1) is 13.0. The molecule has 3 aromatic rings. The van der Waals surface area contributed by atoms with E-state index >= 15 is 0 Å². The normalized spacial score (nSPS) is 15.1. The number of rotatable bonds is 5. The molecular formula is C17H12ClN3O4S2. The Bertz CT molecular complexity index is 1130. The highest BCUT2D eigenvalue weighted by atomic mass is 35.5. The largest absolute Gasteiger partial charge is 0.411 e. The minimum atomic E-state index is -3.80. The number of hydrogen-bond acceptors (Lipinski definition) is 7. The number of carbonyl (C=O) groups is 1. The lowest BCUT2D eigenvalue weighted by atomic mass is 10.2. The minimum Gasteiger partial charge on any atom is -0.411 e. The zero-order chi connectivity index (χ0) is 19.0. The van der Waals surface area contributed by atoms with Crippen LogP contribution in [0, 0.1) is 0 Å². The van der Waals surface area contributed by atoms with Crippen molar-refractivity contribution in [2.75, 3.05) is 12.3 Å². The Kier molecular flexibility index (Phi) is 4.67. The van der Waals surface area contributed by atoms with Gasteiger partial charge in [-0.3, -0.25) is 4.79 Å². The van der Waals surface area contributed by atoms with Gasteiger partial charge in [-0.15, -0.1) is 10.2 Å². The van der Waals surface area contributed by atoms with Gasteiger partial charge in [-0.05, 0) is 30.3 Å². The Balaban J connectivity index is 1.43. The Morgan fingerprint density at radius 3 is 2.70 bits per heavy atom. The summed E-state index contributed by atoms with van der Waals surface area (Å²) >= 11 is 7.12. The molecule has 0 unspecified atom stereocenters. The molecule has 0 N–H and O–H groups in total. The molecule has 0 spiro atoms. The van der Waals surface area contributed by atoms with E-state index in [9.17, 15) is 13.2 Å². The number of hydrogen-bond donors (Lipinski definition) is 0. The molecule has 0 radical (unpaired) electrons. The fraction of sp³-hybridized carbons (Fsp3) is 0.118. The van der Waals surface area contributed by atoms with Crippen LogP contribution in [-0.2, 0) is 10.0 Å². The van der Waals surface area contributed by atoms with Crippen molar-refractivity contribution >= 4 is 39.3 Å². The predicted molar refractivity (Wildman–Crippen MR) is 100 cm³/mol. The summed E-state index contributed by atoms with van der Waals surface area (Å²) in [5, 5.41) is 8.73. The highest BCUT2D eigenvalue weighted by molar-refractivity contribution is 7.99. The van der Waals surface area contributed by atoms with Crippen molar-refractivity contribution in [3.63, 3.8) is 0 Å². The topological polar surface area (TPSA) is 93.4 Å². The summed E-state index contributed by atoms with van der Waals surface area (Å²) in [6, 6.07) is 13.2. The zero-order valence-corrected chi connectivity index (χ0v) is 16.1. The number of thioether (sulfide) groups is 1. The second-order valence-corrected chi connectivity index (χ2v) is 8.92. The van der Waals surface area contributed by atoms with Crippen LogP contribution in [0.3, 0.4) is 0 Å². The van der Waals surface area contributed by atoms with Crippen LogP contribution < -0.4 is 0 Å². The Labute approximate surface area is 164 Å². The number of carbonyl (C=O) groups excluding carboxylic acids is 1. The van der Waals surface area contributed by atoms with E-state index < -0.39 is 15.9 Å². The van der Waals surface area contributed by atoms with Gasteiger partial charge in [0.15, 0.2) is 0 Å². The van der Waals surface area contributed by atoms with Gasteiger partial charge >= 0.3 is 0 Å². The molecular weight excluding hydrogens is 410 g/mol. The highest BCUT2D eigenvalue weighted by Crippen LogP contribution is 2.31. The molecule has 0 atom stereocenters. The number of fused-ring (bicyclic) bond motifs is 1. The van der Waals surface area contributed by atoms with Crippen LogP contribution in [0.4, 0.5) is 0 Å². The van der Waals surface area contributed by atoms with Crippen molar-refractivity contribution in [2.45, 2.75) is 10.1 Å². The average molecular weight is 422 g/mol. The van der Waals surface area contributed by atoms with Crippen molar-refractivity contribution in [1.29, 1.82) is 0 Å². The molecule has 7 nitrogen and oxygen atoms in total. The van der Waals surface area contributed by atoms with E-state index in [1.807, 2.05) is 0 Å². The maximum absolute atomic E-state index is 12.5. The van der Waals surface area contributed by atoms with E-state index in [0.717, 1.165) is 4.31 Å². The van der Waals surface area contributed by atoms with Gasteiger partial charge in [0.2, 0.25) is 5.89 Å². The van der Waals surface area contributed by atoms with Crippen molar-refractivity contribution in [2.24, 2.45) is 0 Å². The second-order valence-electron chi connectivity index (χ2n) is 5.61. The second kappa shape index (κ2) is 6.99. The van der Waals surface area contributed by atoms with Crippen LogP contribution >= 0.6 is 23.4 Å². The molecule has 4 rings (SSSR count). The van der Waals surface area contributed by atoms with Gasteiger partial charge in [0.25, 0.3) is 21.2 Å². The molecule has 1 amide bonds. The fourth-order valence-corrected chi connectivity index (χ4v) is 5.23. The number of nitrogens with zero attached hydrogens (tertiary/aromatic N) is 3. The molecule has 27 heavy (non-hydrogen) atoms. The van der Waals surface area contributed by atoms with E-state index in [1.165, 1.54) is 23.9 Å². The third kappa shape index (κ3) is 3.33. The number of aromatic nitrogens is 2. The van der Waals surface area contributed by atoms with Crippen LogP contribution in [0.25, 0.3) is 11.5 Å². The van der Waals surface area contributed by atoms with Crippen LogP contribution in [0.2, 0.25) is 5.02 Å². The van der Waals surface area contributed by atoms with E-state index in [2.05, 4.69) is 10.2 Å². The summed E-state index contributed by atoms with van der Waals surface area (Å²) in [4.78, 5) is 12.4. The molecule has 0 aliphatic carbocycles. The van der Waals surface area contributed by atoms with Gasteiger partial charge in [-0.1, -0.05) is 41.6 Å². The fourth-order valence-electron chi connectivity index (χ4n) is 2.67. The maximum atomic E-state index is 12.5. The van der Waals surface area contributed by atoms with Crippen molar-refractivity contribution in [1.82, 2.24) is 14.5 Å². The first-order valence-electron chi connectivity index (χ1n) is 7.85. The lowest BCUT2D eigenvalue weighted by Crippen LogP contribution is -2.32. The third-order valence-electron chi connectivity index (χ3n) is 3.91. The number of amides is 1. The lowest BCUT2D eigenvalue weighted by molar-refractivity contribution is 0.0876. The van der Waals surface area contributed by atoms with Gasteiger partial charge in [0, 0.05) is 22.9 Å². The van der Waals surface area contributed by atoms with E-state index in [1.54, 1.807) is 36.4 Å². The first kappa shape index (κ1) is 18.0. The predicted octanol–water partition coefficient (Wildman–Crippen LogP) is 3.33. The average Bonchev–Trinajstić information content (AvgIpc) is 3.20. The maximum Gasteiger partial charge on any atom is 0.276 e. The lowest BCUT2D eigenvalue weighted by Gasteiger charge is -2.13. The number of benzene rings is 2. The van der Waals surface area contributed by atoms with Crippen LogP contribution in [0.15, 0.2) is 63.1 Å². The van der Waals surface area contributed by atoms with Crippen LogP contribution in [-0.4, -0.2) is 41.1 Å². The molecule has 0 fully saturated rings. The molecule has 2 aromatic carbocycles. The Morgan fingerprint density at radius 1 is 1.11 bits per heavy atom. The molecule has 2 heterocycles. The molecule has 0 saturated carbocycles. The van der Waals surface area contributed by atoms with Crippen LogP contribution in [0.1, 0.15) is 10.4 Å². The minimum absolute atomic E-state index is 0.00932. The summed E-state index contributed by atoms with van der Waals surface area (Å²) in [5.74, 6) is 0.0875. The van der Waals surface area contributed by atoms with Gasteiger partial charge in [-0.2, -0.15) is 0 Å². The Morgan fingerprint density at radius 2 is 1.93 bits per heavy atom. The number of sulfonamides is 1. The molecule has 0 bridgehead atoms. The van der Waals surface area contributed by atoms with Crippen molar-refractivity contribution < 1.29 is 17.6 Å². The number of halogens is 1. The monoisotopic (exact) mass is 421 g/mol. The first-order valence-corrected chi connectivity index (χ1v) is 10.7. The summed E-state index contributed by atoms with van der Waals surface area (Å²) in [6.07, 6.45) is 0. The molecule has 1 aliphatic heterocycles. The van der Waals surface area contributed by atoms with Crippen LogP contribution in [0.5, 0.6) is 0 Å². The summed E-state index contributed by atoms with van der Waals surface area (Å²) in [7, 11) is -3.80. The Hall–Kier alpha value is -2.36. The van der Waals surface area contributed by atoms with Crippen molar-refractivity contribution in [3.8, 4) is 11.5 Å². The molecule has 10 heteroatoms.